The lowest BCUT2D eigenvalue weighted by atomic mass is 10.2. The van der Waals surface area contributed by atoms with Crippen molar-refractivity contribution in [1.82, 2.24) is 0 Å². The van der Waals surface area contributed by atoms with Crippen LogP contribution in [0.5, 0.6) is 11.5 Å². The van der Waals surface area contributed by atoms with E-state index in [4.69, 9.17) is 4.74 Å². The Morgan fingerprint density at radius 3 is 2.47 bits per heavy atom. The summed E-state index contributed by atoms with van der Waals surface area (Å²) in [6.07, 6.45) is 0.785. The van der Waals surface area contributed by atoms with Crippen LogP contribution in [0.4, 0.5) is 0 Å². The predicted molar refractivity (Wildman–Crippen MR) is 70.8 cm³/mol. The Balaban J connectivity index is 2.33. The van der Waals surface area contributed by atoms with E-state index in [1.807, 2.05) is 43.3 Å². The molecule has 0 aliphatic heterocycles. The average molecular weight is 291 g/mol. The molecule has 0 aliphatic carbocycles. The molecule has 0 bridgehead atoms. The largest absolute Gasteiger partial charge is 0.457 e. The minimum Gasteiger partial charge on any atom is -0.457 e. The lowest BCUT2D eigenvalue weighted by molar-refractivity contribution is 0.112. The number of carbonyl (C=O) groups excluding carboxylic acids is 1. The maximum Gasteiger partial charge on any atom is 0.154 e. The van der Waals surface area contributed by atoms with Gasteiger partial charge in [0.15, 0.2) is 6.29 Å². The molecule has 2 aromatic carbocycles. The van der Waals surface area contributed by atoms with Gasteiger partial charge in [0.25, 0.3) is 0 Å². The molecule has 0 aliphatic rings. The van der Waals surface area contributed by atoms with Gasteiger partial charge in [0.2, 0.25) is 0 Å². The van der Waals surface area contributed by atoms with E-state index >= 15 is 0 Å². The molecule has 0 spiro atoms. The third-order valence-electron chi connectivity index (χ3n) is 2.38. The van der Waals surface area contributed by atoms with Crippen molar-refractivity contribution in [2.75, 3.05) is 0 Å². The maximum absolute atomic E-state index is 11.0. The summed E-state index contributed by atoms with van der Waals surface area (Å²) in [7, 11) is 0. The fourth-order valence-electron chi connectivity index (χ4n) is 1.45. The third kappa shape index (κ3) is 2.74. The molecule has 0 heterocycles. The van der Waals surface area contributed by atoms with Crippen molar-refractivity contribution >= 4 is 22.2 Å². The van der Waals surface area contributed by atoms with Gasteiger partial charge in [0.1, 0.15) is 11.5 Å². The van der Waals surface area contributed by atoms with Gasteiger partial charge < -0.3 is 4.74 Å². The summed E-state index contributed by atoms with van der Waals surface area (Å²) < 4.78 is 6.41. The Morgan fingerprint density at radius 2 is 1.82 bits per heavy atom. The number of hydrogen-bond acceptors (Lipinski definition) is 2. The Labute approximate surface area is 108 Å². The van der Waals surface area contributed by atoms with Gasteiger partial charge in [0, 0.05) is 4.47 Å². The lowest BCUT2D eigenvalue weighted by Gasteiger charge is -2.09. The first kappa shape index (κ1) is 11.9. The molecule has 17 heavy (non-hydrogen) atoms. The van der Waals surface area contributed by atoms with Gasteiger partial charge in [-0.05, 0) is 47.1 Å². The maximum atomic E-state index is 11.0. The minimum absolute atomic E-state index is 0.521. The summed E-state index contributed by atoms with van der Waals surface area (Å²) in [5.74, 6) is 1.27. The summed E-state index contributed by atoms with van der Waals surface area (Å²) in [5.41, 5.74) is 1.69. The van der Waals surface area contributed by atoms with E-state index in [0.29, 0.717) is 11.3 Å². The molecule has 0 unspecified atom stereocenters. The second-order valence-electron chi connectivity index (χ2n) is 3.68. The summed E-state index contributed by atoms with van der Waals surface area (Å²) in [5, 5.41) is 0. The quantitative estimate of drug-likeness (QED) is 0.785. The molecular formula is C14H11BrO2. The first-order valence-electron chi connectivity index (χ1n) is 5.19. The second-order valence-corrected chi connectivity index (χ2v) is 4.54. The van der Waals surface area contributed by atoms with E-state index < -0.39 is 0 Å². The van der Waals surface area contributed by atoms with E-state index in [0.717, 1.165) is 16.5 Å². The van der Waals surface area contributed by atoms with Crippen molar-refractivity contribution in [3.63, 3.8) is 0 Å². The number of carbonyl (C=O) groups is 1. The fraction of sp³-hybridized carbons (Fsp3) is 0.0714. The highest BCUT2D eigenvalue weighted by Gasteiger charge is 2.07. The van der Waals surface area contributed by atoms with Crippen LogP contribution in [0.2, 0.25) is 0 Å². The van der Waals surface area contributed by atoms with Gasteiger partial charge in [-0.3, -0.25) is 4.79 Å². The fourth-order valence-corrected chi connectivity index (χ4v) is 1.90. The van der Waals surface area contributed by atoms with Crippen LogP contribution in [0.15, 0.2) is 46.9 Å². The van der Waals surface area contributed by atoms with Crippen LogP contribution in [0.1, 0.15) is 15.9 Å². The van der Waals surface area contributed by atoms with Gasteiger partial charge in [-0.25, -0.2) is 0 Å². The zero-order valence-electron chi connectivity index (χ0n) is 9.31. The Hall–Kier alpha value is -1.61. The number of hydrogen-bond donors (Lipinski definition) is 0. The van der Waals surface area contributed by atoms with E-state index in [-0.39, 0.29) is 0 Å². The molecule has 2 nitrogen and oxygen atoms in total. The first-order valence-corrected chi connectivity index (χ1v) is 5.98. The lowest BCUT2D eigenvalue weighted by Crippen LogP contribution is -1.91. The Bertz CT molecular complexity index is 532. The minimum atomic E-state index is 0.521. The number of halogens is 1. The summed E-state index contributed by atoms with van der Waals surface area (Å²) in [6, 6.07) is 13.1. The van der Waals surface area contributed by atoms with Crippen molar-refractivity contribution in [2.24, 2.45) is 0 Å². The molecule has 2 rings (SSSR count). The Morgan fingerprint density at radius 1 is 1.12 bits per heavy atom. The van der Waals surface area contributed by atoms with Crippen molar-refractivity contribution in [3.8, 4) is 11.5 Å². The summed E-state index contributed by atoms with van der Waals surface area (Å²) >= 11 is 3.32. The molecule has 0 aromatic heterocycles. The molecular weight excluding hydrogens is 280 g/mol. The highest BCUT2D eigenvalue weighted by molar-refractivity contribution is 9.10. The van der Waals surface area contributed by atoms with E-state index in [2.05, 4.69) is 15.9 Å². The molecule has 0 amide bonds. The van der Waals surface area contributed by atoms with Crippen molar-refractivity contribution < 1.29 is 9.53 Å². The zero-order valence-corrected chi connectivity index (χ0v) is 10.9. The SMILES string of the molecule is Cc1ccc(Oc2cccc(Br)c2C=O)cc1. The van der Waals surface area contributed by atoms with E-state index in [1.165, 1.54) is 5.56 Å². The van der Waals surface area contributed by atoms with Gasteiger partial charge in [-0.15, -0.1) is 0 Å². The molecule has 0 saturated heterocycles. The number of benzene rings is 2. The molecule has 86 valence electrons. The normalized spacial score (nSPS) is 10.0. The highest BCUT2D eigenvalue weighted by atomic mass is 79.9. The Kier molecular flexibility index (Phi) is 3.59. The second kappa shape index (κ2) is 5.15. The molecule has 0 N–H and O–H groups in total. The van der Waals surface area contributed by atoms with Crippen molar-refractivity contribution in [3.05, 3.63) is 58.1 Å². The molecule has 0 atom stereocenters. The standard InChI is InChI=1S/C14H11BrO2/c1-10-5-7-11(8-6-10)17-14-4-2-3-13(15)12(14)9-16/h2-9H,1H3. The van der Waals surface area contributed by atoms with Crippen molar-refractivity contribution in [2.45, 2.75) is 6.92 Å². The number of aryl methyl sites for hydroxylation is 1. The van der Waals surface area contributed by atoms with Crippen LogP contribution >= 0.6 is 15.9 Å². The van der Waals surface area contributed by atoms with Crippen LogP contribution in [-0.4, -0.2) is 6.29 Å². The first-order chi connectivity index (χ1) is 8.20. The van der Waals surface area contributed by atoms with Gasteiger partial charge >= 0.3 is 0 Å². The topological polar surface area (TPSA) is 26.3 Å². The zero-order chi connectivity index (χ0) is 12.3. The monoisotopic (exact) mass is 290 g/mol. The van der Waals surface area contributed by atoms with Crippen LogP contribution in [0.25, 0.3) is 0 Å². The van der Waals surface area contributed by atoms with Crippen LogP contribution in [-0.2, 0) is 0 Å². The summed E-state index contributed by atoms with van der Waals surface area (Å²) in [6.45, 7) is 2.01. The molecule has 0 saturated carbocycles. The number of ether oxygens (including phenoxy) is 1. The van der Waals surface area contributed by atoms with E-state index in [1.54, 1.807) is 6.07 Å². The predicted octanol–water partition coefficient (Wildman–Crippen LogP) is 4.36. The summed E-state index contributed by atoms with van der Waals surface area (Å²) in [4.78, 5) is 11.0. The van der Waals surface area contributed by atoms with Crippen LogP contribution in [0.3, 0.4) is 0 Å². The molecule has 2 aromatic rings. The van der Waals surface area contributed by atoms with Crippen LogP contribution in [0, 0.1) is 6.92 Å². The molecule has 0 radical (unpaired) electrons. The molecule has 3 heteroatoms. The number of rotatable bonds is 3. The van der Waals surface area contributed by atoms with Gasteiger partial charge in [0.05, 0.1) is 5.56 Å². The van der Waals surface area contributed by atoms with E-state index in [9.17, 15) is 4.79 Å². The molecule has 0 fully saturated rings. The smallest absolute Gasteiger partial charge is 0.154 e. The van der Waals surface area contributed by atoms with Gasteiger partial charge in [-0.2, -0.15) is 0 Å². The van der Waals surface area contributed by atoms with Crippen molar-refractivity contribution in [1.29, 1.82) is 0 Å². The highest BCUT2D eigenvalue weighted by Crippen LogP contribution is 2.29. The number of aldehydes is 1. The van der Waals surface area contributed by atoms with Crippen LogP contribution < -0.4 is 4.74 Å². The average Bonchev–Trinajstić information content (AvgIpc) is 2.32. The third-order valence-corrected chi connectivity index (χ3v) is 3.07. The van der Waals surface area contributed by atoms with Gasteiger partial charge in [-0.1, -0.05) is 23.8 Å².